The van der Waals surface area contributed by atoms with Crippen LogP contribution in [0, 0.1) is 0 Å². The first-order valence-electron chi connectivity index (χ1n) is 4.55. The highest BCUT2D eigenvalue weighted by molar-refractivity contribution is 7.81. The first-order valence-corrected chi connectivity index (χ1v) is 5.37. The van der Waals surface area contributed by atoms with E-state index >= 15 is 0 Å². The fourth-order valence-corrected chi connectivity index (χ4v) is 2.02. The molecule has 5 heteroatoms. The zero-order chi connectivity index (χ0) is 9.68. The molecule has 0 aromatic carbocycles. The Morgan fingerprint density at radius 1 is 1.15 bits per heavy atom. The highest BCUT2D eigenvalue weighted by Gasteiger charge is 2.13. The van der Waals surface area contributed by atoms with Gasteiger partial charge in [-0.2, -0.15) is 0 Å². The van der Waals surface area contributed by atoms with Gasteiger partial charge in [0.05, 0.1) is 0 Å². The van der Waals surface area contributed by atoms with Crippen LogP contribution in [0.3, 0.4) is 0 Å². The minimum Gasteiger partial charge on any atom is -0.376 e. The van der Waals surface area contributed by atoms with Gasteiger partial charge in [-0.1, -0.05) is 19.3 Å². The second-order valence-electron chi connectivity index (χ2n) is 3.30. The highest BCUT2D eigenvalue weighted by atomic mass is 32.1. The van der Waals surface area contributed by atoms with Gasteiger partial charge in [-0.25, -0.2) is 0 Å². The molecule has 0 heterocycles. The van der Waals surface area contributed by atoms with Crippen LogP contribution in [0.5, 0.6) is 0 Å². The summed E-state index contributed by atoms with van der Waals surface area (Å²) in [5, 5.41) is 6.71. The van der Waals surface area contributed by atoms with Crippen molar-refractivity contribution in [3.05, 3.63) is 0 Å². The van der Waals surface area contributed by atoms with Crippen LogP contribution in [0.1, 0.15) is 32.1 Å². The van der Waals surface area contributed by atoms with Crippen molar-refractivity contribution in [3.63, 3.8) is 0 Å². The first-order chi connectivity index (χ1) is 6.18. The molecule has 1 saturated carbocycles. The second-order valence-corrected chi connectivity index (χ2v) is 4.15. The van der Waals surface area contributed by atoms with E-state index in [1.807, 2.05) is 0 Å². The molecule has 1 rings (SSSR count). The van der Waals surface area contributed by atoms with Gasteiger partial charge in [0.25, 0.3) is 0 Å². The molecule has 74 valence electrons. The molecular formula is C8H15N3S2. The second kappa shape index (κ2) is 5.34. The standard InChI is InChI=1S/C8H15N3S2/c9-7(12)11-8(13)10-6-4-2-1-3-5-6/h6H,1-5H2,(H4,9,10,11,12,13). The largest absolute Gasteiger partial charge is 0.376 e. The molecule has 13 heavy (non-hydrogen) atoms. The van der Waals surface area contributed by atoms with Gasteiger partial charge in [0.2, 0.25) is 0 Å². The van der Waals surface area contributed by atoms with Gasteiger partial charge in [-0.3, -0.25) is 0 Å². The van der Waals surface area contributed by atoms with Crippen molar-refractivity contribution in [1.29, 1.82) is 0 Å². The first kappa shape index (κ1) is 10.7. The lowest BCUT2D eigenvalue weighted by molar-refractivity contribution is 0.413. The molecule has 0 aromatic heterocycles. The Balaban J connectivity index is 2.22. The Kier molecular flexibility index (Phi) is 4.38. The van der Waals surface area contributed by atoms with Crippen LogP contribution in [0.15, 0.2) is 0 Å². The zero-order valence-electron chi connectivity index (χ0n) is 7.51. The maximum atomic E-state index is 5.29. The van der Waals surface area contributed by atoms with E-state index in [0.717, 1.165) is 0 Å². The Morgan fingerprint density at radius 3 is 2.31 bits per heavy atom. The normalized spacial score (nSPS) is 17.8. The molecule has 0 spiro atoms. The predicted octanol–water partition coefficient (Wildman–Crippen LogP) is 1.03. The summed E-state index contributed by atoms with van der Waals surface area (Å²) < 4.78 is 0. The Hall–Kier alpha value is -0.420. The van der Waals surface area contributed by atoms with Gasteiger partial charge in [-0.05, 0) is 37.3 Å². The fraction of sp³-hybridized carbons (Fsp3) is 0.750. The van der Waals surface area contributed by atoms with Crippen LogP contribution in [-0.2, 0) is 0 Å². The maximum absolute atomic E-state index is 5.29. The summed E-state index contributed by atoms with van der Waals surface area (Å²) in [5.41, 5.74) is 5.29. The van der Waals surface area contributed by atoms with E-state index in [1.54, 1.807) is 0 Å². The quantitative estimate of drug-likeness (QED) is 0.573. The van der Waals surface area contributed by atoms with Crippen LogP contribution in [0.25, 0.3) is 0 Å². The third-order valence-corrected chi connectivity index (χ3v) is 2.50. The van der Waals surface area contributed by atoms with E-state index in [0.29, 0.717) is 11.2 Å². The molecule has 0 bridgehead atoms. The van der Waals surface area contributed by atoms with Crippen molar-refractivity contribution < 1.29 is 0 Å². The van der Waals surface area contributed by atoms with Crippen LogP contribution in [-0.4, -0.2) is 16.3 Å². The van der Waals surface area contributed by atoms with Crippen molar-refractivity contribution >= 4 is 34.7 Å². The summed E-state index contributed by atoms with van der Waals surface area (Å²) >= 11 is 9.70. The van der Waals surface area contributed by atoms with Crippen LogP contribution >= 0.6 is 24.4 Å². The van der Waals surface area contributed by atoms with Crippen LogP contribution in [0.4, 0.5) is 0 Å². The van der Waals surface area contributed by atoms with Crippen molar-refractivity contribution in [2.75, 3.05) is 0 Å². The number of thiocarbonyl (C=S) groups is 2. The van der Waals surface area contributed by atoms with Gasteiger partial charge >= 0.3 is 0 Å². The van der Waals surface area contributed by atoms with Crippen molar-refractivity contribution in [2.45, 2.75) is 38.1 Å². The number of hydrogen-bond acceptors (Lipinski definition) is 2. The van der Waals surface area contributed by atoms with Crippen molar-refractivity contribution in [1.82, 2.24) is 10.6 Å². The Labute approximate surface area is 89.4 Å². The van der Waals surface area contributed by atoms with E-state index in [2.05, 4.69) is 22.9 Å². The molecular weight excluding hydrogens is 202 g/mol. The van der Waals surface area contributed by atoms with Gasteiger partial charge in [0, 0.05) is 6.04 Å². The smallest absolute Gasteiger partial charge is 0.172 e. The van der Waals surface area contributed by atoms with Crippen LogP contribution < -0.4 is 16.4 Å². The monoisotopic (exact) mass is 217 g/mol. The summed E-state index contributed by atoms with van der Waals surface area (Å²) in [7, 11) is 0. The average molecular weight is 217 g/mol. The molecule has 0 aliphatic heterocycles. The van der Waals surface area contributed by atoms with Gasteiger partial charge in [-0.15, -0.1) is 0 Å². The number of hydrogen-bond donors (Lipinski definition) is 3. The van der Waals surface area contributed by atoms with Crippen molar-refractivity contribution in [3.8, 4) is 0 Å². The molecule has 4 N–H and O–H groups in total. The third kappa shape index (κ3) is 4.38. The lowest BCUT2D eigenvalue weighted by Gasteiger charge is -2.24. The molecule has 1 fully saturated rings. The summed E-state index contributed by atoms with van der Waals surface area (Å²) in [6.45, 7) is 0. The van der Waals surface area contributed by atoms with E-state index < -0.39 is 0 Å². The van der Waals surface area contributed by atoms with E-state index in [1.165, 1.54) is 32.1 Å². The Morgan fingerprint density at radius 2 is 1.77 bits per heavy atom. The molecule has 3 nitrogen and oxygen atoms in total. The summed E-state index contributed by atoms with van der Waals surface area (Å²) in [6, 6.07) is 0.503. The zero-order valence-corrected chi connectivity index (χ0v) is 9.14. The molecule has 0 aromatic rings. The number of nitrogens with one attached hydrogen (secondary N) is 2. The van der Waals surface area contributed by atoms with Gasteiger partial charge < -0.3 is 16.4 Å². The third-order valence-electron chi connectivity index (χ3n) is 2.18. The van der Waals surface area contributed by atoms with E-state index in [-0.39, 0.29) is 5.11 Å². The van der Waals surface area contributed by atoms with Crippen molar-refractivity contribution in [2.24, 2.45) is 5.73 Å². The summed E-state index contributed by atoms with van der Waals surface area (Å²) in [6.07, 6.45) is 6.30. The number of rotatable bonds is 1. The fourth-order valence-electron chi connectivity index (χ4n) is 1.58. The lowest BCUT2D eigenvalue weighted by atomic mass is 9.96. The molecule has 0 radical (unpaired) electrons. The maximum Gasteiger partial charge on any atom is 0.172 e. The van der Waals surface area contributed by atoms with Gasteiger partial charge in [0.15, 0.2) is 10.2 Å². The predicted molar refractivity (Wildman–Crippen MR) is 62.5 cm³/mol. The van der Waals surface area contributed by atoms with E-state index in [4.69, 9.17) is 18.0 Å². The minimum atomic E-state index is 0.230. The molecule has 1 aliphatic rings. The molecule has 0 amide bonds. The average Bonchev–Trinajstić information content (AvgIpc) is 2.04. The van der Waals surface area contributed by atoms with Crippen LogP contribution in [0.2, 0.25) is 0 Å². The lowest BCUT2D eigenvalue weighted by Crippen LogP contribution is -2.46. The summed E-state index contributed by atoms with van der Waals surface area (Å²) in [4.78, 5) is 0. The highest BCUT2D eigenvalue weighted by Crippen LogP contribution is 2.16. The SMILES string of the molecule is NC(=S)NC(=S)NC1CCCCC1. The molecule has 1 aliphatic carbocycles. The Bertz CT molecular complexity index is 200. The molecule has 0 saturated heterocycles. The molecule has 0 unspecified atom stereocenters. The van der Waals surface area contributed by atoms with Gasteiger partial charge in [0.1, 0.15) is 0 Å². The molecule has 0 atom stereocenters. The van der Waals surface area contributed by atoms with E-state index in [9.17, 15) is 0 Å². The number of nitrogens with two attached hydrogens (primary N) is 1. The minimum absolute atomic E-state index is 0.230. The summed E-state index contributed by atoms with van der Waals surface area (Å²) in [5.74, 6) is 0. The topological polar surface area (TPSA) is 50.1 Å².